The Hall–Kier alpha value is -0.280. The standard InChI is InChI=1S/C11H20N2O.ClH/c1-3-7(2)10(12)11(14)13-5-8-4-9(8)6-13;/h7-10H,3-6,12H2,1-2H3;1H/t7?,8?,9?,10-;/m0./s1. The third-order valence-electron chi connectivity index (χ3n) is 3.83. The lowest BCUT2D eigenvalue weighted by molar-refractivity contribution is -0.133. The highest BCUT2D eigenvalue weighted by Crippen LogP contribution is 2.45. The van der Waals surface area contributed by atoms with E-state index in [9.17, 15) is 4.79 Å². The molecule has 1 amide bonds. The van der Waals surface area contributed by atoms with Crippen LogP contribution in [0, 0.1) is 17.8 Å². The van der Waals surface area contributed by atoms with Gasteiger partial charge in [-0.2, -0.15) is 0 Å². The van der Waals surface area contributed by atoms with Crippen molar-refractivity contribution in [2.24, 2.45) is 23.5 Å². The number of hydrogen-bond donors (Lipinski definition) is 1. The molecule has 2 N–H and O–H groups in total. The van der Waals surface area contributed by atoms with Crippen LogP contribution in [-0.4, -0.2) is 29.9 Å². The Bertz CT molecular complexity index is 233. The second kappa shape index (κ2) is 4.71. The van der Waals surface area contributed by atoms with Crippen LogP contribution in [0.5, 0.6) is 0 Å². The fourth-order valence-electron chi connectivity index (χ4n) is 2.29. The molecule has 0 aromatic heterocycles. The summed E-state index contributed by atoms with van der Waals surface area (Å²) in [7, 11) is 0. The van der Waals surface area contributed by atoms with Crippen molar-refractivity contribution in [1.29, 1.82) is 0 Å². The first-order chi connectivity index (χ1) is 6.63. The van der Waals surface area contributed by atoms with Gasteiger partial charge in [0.1, 0.15) is 0 Å². The molecule has 2 fully saturated rings. The number of halogens is 1. The van der Waals surface area contributed by atoms with E-state index in [1.807, 2.05) is 4.90 Å². The van der Waals surface area contributed by atoms with E-state index in [1.54, 1.807) is 0 Å². The van der Waals surface area contributed by atoms with Gasteiger partial charge < -0.3 is 10.6 Å². The van der Waals surface area contributed by atoms with Crippen LogP contribution < -0.4 is 5.73 Å². The number of amides is 1. The van der Waals surface area contributed by atoms with Crippen LogP contribution in [0.25, 0.3) is 0 Å². The van der Waals surface area contributed by atoms with E-state index in [-0.39, 0.29) is 24.4 Å². The summed E-state index contributed by atoms with van der Waals surface area (Å²) in [5, 5.41) is 0. The lowest BCUT2D eigenvalue weighted by atomic mass is 9.99. The van der Waals surface area contributed by atoms with Crippen molar-refractivity contribution >= 4 is 18.3 Å². The molecule has 15 heavy (non-hydrogen) atoms. The van der Waals surface area contributed by atoms with Gasteiger partial charge >= 0.3 is 0 Å². The van der Waals surface area contributed by atoms with Crippen LogP contribution in [0.3, 0.4) is 0 Å². The highest BCUT2D eigenvalue weighted by atomic mass is 35.5. The van der Waals surface area contributed by atoms with E-state index in [1.165, 1.54) is 6.42 Å². The van der Waals surface area contributed by atoms with Crippen LogP contribution >= 0.6 is 12.4 Å². The molecule has 1 heterocycles. The Morgan fingerprint density at radius 1 is 1.47 bits per heavy atom. The summed E-state index contributed by atoms with van der Waals surface area (Å²) in [6.07, 6.45) is 2.32. The Kier molecular flexibility index (Phi) is 4.01. The summed E-state index contributed by atoms with van der Waals surface area (Å²) in [5.74, 6) is 2.09. The Labute approximate surface area is 97.8 Å². The van der Waals surface area contributed by atoms with Crippen molar-refractivity contribution in [2.75, 3.05) is 13.1 Å². The normalized spacial score (nSPS) is 31.5. The first-order valence-electron chi connectivity index (χ1n) is 5.67. The number of nitrogens with zero attached hydrogens (tertiary/aromatic N) is 1. The van der Waals surface area contributed by atoms with E-state index in [4.69, 9.17) is 5.73 Å². The van der Waals surface area contributed by atoms with Gasteiger partial charge in [0, 0.05) is 13.1 Å². The Morgan fingerprint density at radius 3 is 2.47 bits per heavy atom. The largest absolute Gasteiger partial charge is 0.341 e. The minimum absolute atomic E-state index is 0. The van der Waals surface area contributed by atoms with Gasteiger partial charge in [0.15, 0.2) is 0 Å². The number of rotatable bonds is 3. The first-order valence-corrected chi connectivity index (χ1v) is 5.67. The van der Waals surface area contributed by atoms with Gasteiger partial charge in [0.2, 0.25) is 5.91 Å². The average Bonchev–Trinajstić information content (AvgIpc) is 2.82. The topological polar surface area (TPSA) is 46.3 Å². The van der Waals surface area contributed by atoms with Gasteiger partial charge in [-0.05, 0) is 24.2 Å². The number of hydrogen-bond acceptors (Lipinski definition) is 2. The molecule has 3 nitrogen and oxygen atoms in total. The van der Waals surface area contributed by atoms with E-state index >= 15 is 0 Å². The highest BCUT2D eigenvalue weighted by Gasteiger charge is 2.47. The zero-order valence-electron chi connectivity index (χ0n) is 9.48. The predicted molar refractivity (Wildman–Crippen MR) is 62.9 cm³/mol. The molecular weight excluding hydrogens is 212 g/mol. The molecule has 88 valence electrons. The summed E-state index contributed by atoms with van der Waals surface area (Å²) in [6, 6.07) is -0.280. The van der Waals surface area contributed by atoms with E-state index < -0.39 is 0 Å². The molecule has 2 rings (SSSR count). The lowest BCUT2D eigenvalue weighted by Gasteiger charge is -2.25. The predicted octanol–water partition coefficient (Wildman–Crippen LogP) is 1.26. The van der Waals surface area contributed by atoms with Gasteiger partial charge in [0.05, 0.1) is 6.04 Å². The van der Waals surface area contributed by atoms with Crippen LogP contribution in [0.15, 0.2) is 0 Å². The van der Waals surface area contributed by atoms with E-state index in [0.29, 0.717) is 5.92 Å². The lowest BCUT2D eigenvalue weighted by Crippen LogP contribution is -2.46. The first kappa shape index (κ1) is 12.8. The molecule has 0 spiro atoms. The smallest absolute Gasteiger partial charge is 0.239 e. The summed E-state index contributed by atoms with van der Waals surface area (Å²) < 4.78 is 0. The van der Waals surface area contributed by atoms with Crippen LogP contribution in [0.1, 0.15) is 26.7 Å². The monoisotopic (exact) mass is 232 g/mol. The van der Waals surface area contributed by atoms with Gasteiger partial charge in [-0.15, -0.1) is 12.4 Å². The maximum absolute atomic E-state index is 11.9. The summed E-state index contributed by atoms with van der Waals surface area (Å²) in [5.41, 5.74) is 5.92. The van der Waals surface area contributed by atoms with E-state index in [2.05, 4.69) is 13.8 Å². The minimum atomic E-state index is -0.280. The highest BCUT2D eigenvalue weighted by molar-refractivity contribution is 5.85. The van der Waals surface area contributed by atoms with Gasteiger partial charge in [-0.1, -0.05) is 20.3 Å². The van der Waals surface area contributed by atoms with Crippen molar-refractivity contribution in [1.82, 2.24) is 4.90 Å². The van der Waals surface area contributed by atoms with Crippen LogP contribution in [0.4, 0.5) is 0 Å². The molecule has 4 heteroatoms. The molecule has 2 aliphatic rings. The second-order valence-electron chi connectivity index (χ2n) is 4.91. The number of carbonyl (C=O) groups excluding carboxylic acids is 1. The molecule has 0 bridgehead atoms. The number of fused-ring (bicyclic) bond motifs is 1. The average molecular weight is 233 g/mol. The number of nitrogens with two attached hydrogens (primary N) is 1. The molecule has 4 atom stereocenters. The van der Waals surface area contributed by atoms with Crippen LogP contribution in [0.2, 0.25) is 0 Å². The molecule has 0 aromatic rings. The maximum Gasteiger partial charge on any atom is 0.239 e. The molecule has 1 saturated heterocycles. The fourth-order valence-corrected chi connectivity index (χ4v) is 2.29. The quantitative estimate of drug-likeness (QED) is 0.797. The third-order valence-corrected chi connectivity index (χ3v) is 3.83. The summed E-state index contributed by atoms with van der Waals surface area (Å²) in [4.78, 5) is 13.9. The van der Waals surface area contributed by atoms with Gasteiger partial charge in [-0.25, -0.2) is 0 Å². The van der Waals surface area contributed by atoms with Crippen molar-refractivity contribution in [3.8, 4) is 0 Å². The molecule has 1 saturated carbocycles. The molecule has 1 aliphatic heterocycles. The molecule has 1 aliphatic carbocycles. The van der Waals surface area contributed by atoms with Crippen molar-refractivity contribution in [2.45, 2.75) is 32.7 Å². The van der Waals surface area contributed by atoms with Crippen LogP contribution in [-0.2, 0) is 4.79 Å². The summed E-state index contributed by atoms with van der Waals surface area (Å²) >= 11 is 0. The summed E-state index contributed by atoms with van der Waals surface area (Å²) in [6.45, 7) is 6.07. The number of piperidine rings is 1. The van der Waals surface area contributed by atoms with Gasteiger partial charge in [-0.3, -0.25) is 4.79 Å². The fraction of sp³-hybridized carbons (Fsp3) is 0.909. The molecule has 0 aromatic carbocycles. The Morgan fingerprint density at radius 2 is 2.00 bits per heavy atom. The number of likely N-dealkylation sites (tertiary alicyclic amines) is 1. The van der Waals surface area contributed by atoms with Crippen molar-refractivity contribution in [3.63, 3.8) is 0 Å². The zero-order valence-corrected chi connectivity index (χ0v) is 10.3. The molecular formula is C11H21ClN2O. The van der Waals surface area contributed by atoms with E-state index in [0.717, 1.165) is 31.3 Å². The zero-order chi connectivity index (χ0) is 10.3. The third kappa shape index (κ3) is 2.45. The number of carbonyl (C=O) groups is 1. The SMILES string of the molecule is CCC(C)[C@H](N)C(=O)N1CC2CC2C1.Cl. The maximum atomic E-state index is 11.9. The molecule has 3 unspecified atom stereocenters. The second-order valence-corrected chi connectivity index (χ2v) is 4.91. The van der Waals surface area contributed by atoms with Crippen molar-refractivity contribution in [3.05, 3.63) is 0 Å². The Balaban J connectivity index is 0.00000112. The molecule has 0 radical (unpaired) electrons. The minimum Gasteiger partial charge on any atom is -0.341 e. The van der Waals surface area contributed by atoms with Gasteiger partial charge in [0.25, 0.3) is 0 Å². The van der Waals surface area contributed by atoms with Crippen molar-refractivity contribution < 1.29 is 4.79 Å².